The highest BCUT2D eigenvalue weighted by molar-refractivity contribution is 7.89. The van der Waals surface area contributed by atoms with Crippen molar-refractivity contribution in [3.8, 4) is 5.75 Å². The van der Waals surface area contributed by atoms with Gasteiger partial charge in [0.1, 0.15) is 17.0 Å². The summed E-state index contributed by atoms with van der Waals surface area (Å²) in [5.41, 5.74) is 1.02. The van der Waals surface area contributed by atoms with Crippen LogP contribution < -0.4 is 9.64 Å². The molecule has 0 aliphatic rings. The van der Waals surface area contributed by atoms with Crippen LogP contribution in [0.2, 0.25) is 0 Å². The summed E-state index contributed by atoms with van der Waals surface area (Å²) in [6.45, 7) is 2.58. The van der Waals surface area contributed by atoms with Gasteiger partial charge in [-0.25, -0.2) is 17.7 Å². The number of carbonyl (C=O) groups excluding carboxylic acids is 1. The van der Waals surface area contributed by atoms with Gasteiger partial charge in [0.2, 0.25) is 10.0 Å². The number of sulfonamides is 1. The summed E-state index contributed by atoms with van der Waals surface area (Å²) >= 11 is 1.37. The van der Waals surface area contributed by atoms with Gasteiger partial charge in [-0.3, -0.25) is 9.69 Å². The lowest BCUT2D eigenvalue weighted by Crippen LogP contribution is -2.30. The molecule has 0 unspecified atom stereocenters. The van der Waals surface area contributed by atoms with E-state index in [9.17, 15) is 13.2 Å². The van der Waals surface area contributed by atoms with Crippen molar-refractivity contribution in [2.75, 3.05) is 25.6 Å². The Labute approximate surface area is 196 Å². The second-order valence-electron chi connectivity index (χ2n) is 7.31. The van der Waals surface area contributed by atoms with E-state index in [1.54, 1.807) is 18.4 Å². The van der Waals surface area contributed by atoms with E-state index in [4.69, 9.17) is 14.1 Å². The van der Waals surface area contributed by atoms with Gasteiger partial charge in [-0.05, 0) is 55.5 Å². The van der Waals surface area contributed by atoms with Crippen molar-refractivity contribution < 1.29 is 22.4 Å². The van der Waals surface area contributed by atoms with Crippen LogP contribution in [0.4, 0.5) is 5.13 Å². The highest BCUT2D eigenvalue weighted by atomic mass is 32.2. The average molecular weight is 486 g/mol. The zero-order valence-corrected chi connectivity index (χ0v) is 20.0. The molecule has 172 valence electrons. The minimum Gasteiger partial charge on any atom is -0.492 e. The Hall–Kier alpha value is -3.21. The number of aromatic nitrogens is 1. The number of benzene rings is 2. The largest absolute Gasteiger partial charge is 0.492 e. The van der Waals surface area contributed by atoms with Crippen molar-refractivity contribution in [3.63, 3.8) is 0 Å². The summed E-state index contributed by atoms with van der Waals surface area (Å²) in [5.74, 6) is 0.929. The molecule has 33 heavy (non-hydrogen) atoms. The monoisotopic (exact) mass is 485 g/mol. The van der Waals surface area contributed by atoms with Gasteiger partial charge in [0.25, 0.3) is 5.91 Å². The molecule has 0 spiro atoms. The number of thiazole rings is 1. The molecule has 0 fully saturated rings. The summed E-state index contributed by atoms with van der Waals surface area (Å²) < 4.78 is 37.9. The fraction of sp³-hybridized carbons (Fsp3) is 0.217. The lowest BCUT2D eigenvalue weighted by Gasteiger charge is -2.19. The second-order valence-corrected chi connectivity index (χ2v) is 10.5. The Morgan fingerprint density at radius 1 is 1.09 bits per heavy atom. The normalized spacial score (nSPS) is 11.8. The molecule has 1 amide bonds. The van der Waals surface area contributed by atoms with Crippen LogP contribution in [0.15, 0.2) is 70.2 Å². The Morgan fingerprint density at radius 2 is 1.85 bits per heavy atom. The smallest absolute Gasteiger partial charge is 0.260 e. The Morgan fingerprint density at radius 3 is 2.48 bits per heavy atom. The molecular weight excluding hydrogens is 462 g/mol. The number of carbonyl (C=O) groups is 1. The summed E-state index contributed by atoms with van der Waals surface area (Å²) in [6.07, 6.45) is 1.55. The summed E-state index contributed by atoms with van der Waals surface area (Å²) in [4.78, 5) is 19.8. The molecule has 4 aromatic rings. The molecule has 0 atom stereocenters. The molecule has 0 saturated heterocycles. The summed E-state index contributed by atoms with van der Waals surface area (Å²) in [6, 6.07) is 15.1. The minimum absolute atomic E-state index is 0.114. The van der Waals surface area contributed by atoms with Crippen LogP contribution >= 0.6 is 11.3 Å². The standard InChI is InChI=1S/C23H23N3O5S2/c1-4-30-19-8-5-9-20-21(19)24-23(32-20)26(15-17-7-6-14-31-17)22(27)16-10-12-18(13-11-16)33(28,29)25(2)3/h5-14H,4,15H2,1-3H3. The number of hydrogen-bond acceptors (Lipinski definition) is 7. The van der Waals surface area contributed by atoms with Gasteiger partial charge in [-0.1, -0.05) is 17.4 Å². The van der Waals surface area contributed by atoms with Crippen LogP contribution in [-0.2, 0) is 16.6 Å². The number of anilines is 1. The van der Waals surface area contributed by atoms with Gasteiger partial charge in [0.15, 0.2) is 5.13 Å². The van der Waals surface area contributed by atoms with Crippen LogP contribution in [0.3, 0.4) is 0 Å². The predicted molar refractivity (Wildman–Crippen MR) is 127 cm³/mol. The van der Waals surface area contributed by atoms with Crippen molar-refractivity contribution in [2.24, 2.45) is 0 Å². The molecule has 0 bridgehead atoms. The van der Waals surface area contributed by atoms with Gasteiger partial charge in [-0.15, -0.1) is 0 Å². The zero-order valence-electron chi connectivity index (χ0n) is 18.4. The van der Waals surface area contributed by atoms with Gasteiger partial charge in [0, 0.05) is 19.7 Å². The molecule has 2 aromatic heterocycles. The molecule has 4 rings (SSSR count). The number of amides is 1. The van der Waals surface area contributed by atoms with E-state index >= 15 is 0 Å². The highest BCUT2D eigenvalue weighted by Gasteiger charge is 2.25. The first-order chi connectivity index (χ1) is 15.8. The number of furan rings is 1. The van der Waals surface area contributed by atoms with Gasteiger partial charge in [-0.2, -0.15) is 0 Å². The molecule has 0 N–H and O–H groups in total. The maximum Gasteiger partial charge on any atom is 0.260 e. The maximum atomic E-state index is 13.5. The van der Waals surface area contributed by atoms with Crippen molar-refractivity contribution in [3.05, 3.63) is 72.2 Å². The third-order valence-electron chi connectivity index (χ3n) is 4.92. The predicted octanol–water partition coefficient (Wildman–Crippen LogP) is 4.39. The van der Waals surface area contributed by atoms with Crippen LogP contribution in [0.5, 0.6) is 5.75 Å². The average Bonchev–Trinajstić information content (AvgIpc) is 3.47. The molecule has 0 aliphatic heterocycles. The second kappa shape index (κ2) is 9.34. The number of ether oxygens (including phenoxy) is 1. The van der Waals surface area contributed by atoms with Gasteiger partial charge < -0.3 is 9.15 Å². The molecule has 0 saturated carbocycles. The Balaban J connectivity index is 1.73. The summed E-state index contributed by atoms with van der Waals surface area (Å²) in [7, 11) is -0.668. The van der Waals surface area contributed by atoms with Crippen molar-refractivity contribution >= 4 is 42.6 Å². The number of para-hydroxylation sites is 1. The molecule has 0 aliphatic carbocycles. The molecule has 8 nitrogen and oxygen atoms in total. The lowest BCUT2D eigenvalue weighted by molar-refractivity contribution is 0.0983. The first-order valence-electron chi connectivity index (χ1n) is 10.2. The van der Waals surface area contributed by atoms with E-state index in [-0.39, 0.29) is 17.3 Å². The topological polar surface area (TPSA) is 92.9 Å². The van der Waals surface area contributed by atoms with E-state index in [0.29, 0.717) is 34.3 Å². The first kappa shape index (κ1) is 23.0. The Bertz CT molecular complexity index is 1360. The van der Waals surface area contributed by atoms with E-state index in [0.717, 1.165) is 9.01 Å². The van der Waals surface area contributed by atoms with Crippen LogP contribution in [-0.4, -0.2) is 44.3 Å². The number of fused-ring (bicyclic) bond motifs is 1. The van der Waals surface area contributed by atoms with E-state index < -0.39 is 10.0 Å². The van der Waals surface area contributed by atoms with Crippen molar-refractivity contribution in [2.45, 2.75) is 18.4 Å². The fourth-order valence-corrected chi connectivity index (χ4v) is 5.10. The highest BCUT2D eigenvalue weighted by Crippen LogP contribution is 2.35. The van der Waals surface area contributed by atoms with Crippen LogP contribution in [0, 0.1) is 0 Å². The van der Waals surface area contributed by atoms with Crippen LogP contribution in [0.1, 0.15) is 23.0 Å². The number of nitrogens with zero attached hydrogens (tertiary/aromatic N) is 3. The third kappa shape index (κ3) is 4.63. The third-order valence-corrected chi connectivity index (χ3v) is 7.79. The SMILES string of the molecule is CCOc1cccc2sc(N(Cc3ccco3)C(=O)c3ccc(S(=O)(=O)N(C)C)cc3)nc12. The van der Waals surface area contributed by atoms with Crippen molar-refractivity contribution in [1.29, 1.82) is 0 Å². The Kier molecular flexibility index (Phi) is 6.50. The quantitative estimate of drug-likeness (QED) is 0.368. The van der Waals surface area contributed by atoms with Crippen molar-refractivity contribution in [1.82, 2.24) is 9.29 Å². The number of hydrogen-bond donors (Lipinski definition) is 0. The van der Waals surface area contributed by atoms with E-state index in [1.165, 1.54) is 54.6 Å². The van der Waals surface area contributed by atoms with Gasteiger partial charge in [0.05, 0.1) is 29.0 Å². The molecular formula is C23H23N3O5S2. The van der Waals surface area contributed by atoms with E-state index in [2.05, 4.69) is 0 Å². The van der Waals surface area contributed by atoms with Gasteiger partial charge >= 0.3 is 0 Å². The van der Waals surface area contributed by atoms with E-state index in [1.807, 2.05) is 25.1 Å². The maximum absolute atomic E-state index is 13.5. The molecule has 2 heterocycles. The molecule has 10 heteroatoms. The summed E-state index contributed by atoms with van der Waals surface area (Å²) in [5, 5.41) is 0.489. The lowest BCUT2D eigenvalue weighted by atomic mass is 10.2. The zero-order chi connectivity index (χ0) is 23.6. The first-order valence-corrected chi connectivity index (χ1v) is 12.5. The van der Waals surface area contributed by atoms with Crippen LogP contribution in [0.25, 0.3) is 10.2 Å². The fourth-order valence-electron chi connectivity index (χ4n) is 3.22. The number of rotatable bonds is 8. The minimum atomic E-state index is -3.59. The molecule has 2 aromatic carbocycles. The molecule has 0 radical (unpaired) electrons.